The van der Waals surface area contributed by atoms with E-state index >= 15 is 0 Å². The van der Waals surface area contributed by atoms with Gasteiger partial charge in [0.05, 0.1) is 0 Å². The molecule has 20 heavy (non-hydrogen) atoms. The zero-order valence-electron chi connectivity index (χ0n) is 10.9. The summed E-state index contributed by atoms with van der Waals surface area (Å²) in [6.07, 6.45) is 1.26. The van der Waals surface area contributed by atoms with E-state index in [4.69, 9.17) is 5.73 Å². The molecule has 1 aliphatic rings. The number of likely N-dealkylation sites (tertiary alicyclic amines) is 1. The van der Waals surface area contributed by atoms with Crippen LogP contribution in [0.2, 0.25) is 0 Å². The van der Waals surface area contributed by atoms with Crippen molar-refractivity contribution >= 4 is 22.8 Å². The third-order valence-corrected chi connectivity index (χ3v) is 3.75. The summed E-state index contributed by atoms with van der Waals surface area (Å²) in [5.74, 6) is -0.434. The lowest BCUT2D eigenvalue weighted by Gasteiger charge is -2.30. The van der Waals surface area contributed by atoms with Crippen molar-refractivity contribution in [2.45, 2.75) is 12.8 Å². The van der Waals surface area contributed by atoms with Crippen LogP contribution in [-0.4, -0.2) is 45.2 Å². The first kappa shape index (κ1) is 12.6. The predicted molar refractivity (Wildman–Crippen MR) is 71.7 cm³/mol. The molecular weight excluding hydrogens is 258 g/mol. The number of rotatable bonds is 2. The maximum atomic E-state index is 12.4. The summed E-state index contributed by atoms with van der Waals surface area (Å²) >= 11 is 0. The van der Waals surface area contributed by atoms with Crippen molar-refractivity contribution in [3.63, 3.8) is 0 Å². The minimum Gasteiger partial charge on any atom is -0.369 e. The summed E-state index contributed by atoms with van der Waals surface area (Å²) in [4.78, 5) is 25.3. The second-order valence-electron chi connectivity index (χ2n) is 5.00. The minimum absolute atomic E-state index is 0.0437. The zero-order valence-corrected chi connectivity index (χ0v) is 10.9. The van der Waals surface area contributed by atoms with Gasteiger partial charge in [0.2, 0.25) is 5.91 Å². The van der Waals surface area contributed by atoms with Gasteiger partial charge in [0.25, 0.3) is 5.91 Å². The van der Waals surface area contributed by atoms with Crippen LogP contribution >= 0.6 is 0 Å². The number of hydrogen-bond donors (Lipinski definition) is 2. The number of benzene rings is 1. The maximum absolute atomic E-state index is 12.4. The Hall–Kier alpha value is -2.44. The molecule has 2 amide bonds. The van der Waals surface area contributed by atoms with Gasteiger partial charge in [-0.1, -0.05) is 0 Å². The molecule has 0 spiro atoms. The SMILES string of the molecule is NC(=O)C1CCN(C(=O)c2ccc3n[nH]nc3c2)CC1. The van der Waals surface area contributed by atoms with E-state index in [1.165, 1.54) is 0 Å². The van der Waals surface area contributed by atoms with E-state index in [0.717, 1.165) is 5.52 Å². The summed E-state index contributed by atoms with van der Waals surface area (Å²) in [5.41, 5.74) is 7.28. The number of primary amides is 1. The second-order valence-corrected chi connectivity index (χ2v) is 5.00. The molecule has 1 aliphatic heterocycles. The number of nitrogens with two attached hydrogens (primary N) is 1. The van der Waals surface area contributed by atoms with E-state index in [1.54, 1.807) is 23.1 Å². The van der Waals surface area contributed by atoms with Crippen LogP contribution in [0.25, 0.3) is 11.0 Å². The molecule has 3 rings (SSSR count). The molecule has 2 aromatic rings. The van der Waals surface area contributed by atoms with Crippen LogP contribution in [-0.2, 0) is 4.79 Å². The first-order chi connectivity index (χ1) is 9.65. The molecule has 0 aliphatic carbocycles. The average Bonchev–Trinajstić information content (AvgIpc) is 2.94. The Balaban J connectivity index is 1.74. The number of nitrogens with one attached hydrogen (secondary N) is 1. The molecule has 0 atom stereocenters. The molecule has 2 heterocycles. The van der Waals surface area contributed by atoms with Gasteiger partial charge in [0.15, 0.2) is 0 Å². The molecule has 0 bridgehead atoms. The van der Waals surface area contributed by atoms with Crippen LogP contribution in [0.4, 0.5) is 0 Å². The summed E-state index contributed by atoms with van der Waals surface area (Å²) in [7, 11) is 0. The highest BCUT2D eigenvalue weighted by molar-refractivity contribution is 5.97. The summed E-state index contributed by atoms with van der Waals surface area (Å²) in [6, 6.07) is 5.23. The van der Waals surface area contributed by atoms with Crippen LogP contribution in [0.3, 0.4) is 0 Å². The summed E-state index contributed by atoms with van der Waals surface area (Å²) < 4.78 is 0. The molecule has 1 aromatic heterocycles. The molecule has 0 radical (unpaired) electrons. The molecule has 1 saturated heterocycles. The van der Waals surface area contributed by atoms with Crippen LogP contribution in [0.1, 0.15) is 23.2 Å². The van der Waals surface area contributed by atoms with E-state index in [0.29, 0.717) is 37.0 Å². The monoisotopic (exact) mass is 273 g/mol. The van der Waals surface area contributed by atoms with Gasteiger partial charge in [0.1, 0.15) is 11.0 Å². The van der Waals surface area contributed by atoms with Gasteiger partial charge >= 0.3 is 0 Å². The van der Waals surface area contributed by atoms with Gasteiger partial charge in [0, 0.05) is 24.6 Å². The van der Waals surface area contributed by atoms with Crippen molar-refractivity contribution in [3.05, 3.63) is 23.8 Å². The maximum Gasteiger partial charge on any atom is 0.253 e. The van der Waals surface area contributed by atoms with Gasteiger partial charge in [-0.3, -0.25) is 9.59 Å². The third-order valence-electron chi connectivity index (χ3n) is 3.75. The topological polar surface area (TPSA) is 105 Å². The lowest BCUT2D eigenvalue weighted by molar-refractivity contribution is -0.123. The number of aromatic amines is 1. The number of piperidine rings is 1. The molecule has 0 saturated carbocycles. The second kappa shape index (κ2) is 4.92. The van der Waals surface area contributed by atoms with Gasteiger partial charge in [-0.15, -0.1) is 0 Å². The average molecular weight is 273 g/mol. The Labute approximate surface area is 115 Å². The molecular formula is C13H15N5O2. The molecule has 1 aromatic carbocycles. The molecule has 104 valence electrons. The quantitative estimate of drug-likeness (QED) is 0.820. The van der Waals surface area contributed by atoms with E-state index < -0.39 is 0 Å². The highest BCUT2D eigenvalue weighted by Gasteiger charge is 2.26. The number of carbonyl (C=O) groups excluding carboxylic acids is 2. The number of fused-ring (bicyclic) bond motifs is 1. The highest BCUT2D eigenvalue weighted by atomic mass is 16.2. The van der Waals surface area contributed by atoms with Crippen molar-refractivity contribution in [2.75, 3.05) is 13.1 Å². The number of hydrogen-bond acceptors (Lipinski definition) is 4. The van der Waals surface area contributed by atoms with E-state index in [2.05, 4.69) is 15.4 Å². The number of amides is 2. The number of aromatic nitrogens is 3. The number of nitrogens with zero attached hydrogens (tertiary/aromatic N) is 3. The smallest absolute Gasteiger partial charge is 0.253 e. The Morgan fingerprint density at radius 2 is 1.90 bits per heavy atom. The highest BCUT2D eigenvalue weighted by Crippen LogP contribution is 2.19. The van der Waals surface area contributed by atoms with Crippen LogP contribution in [0.15, 0.2) is 18.2 Å². The van der Waals surface area contributed by atoms with E-state index in [9.17, 15) is 9.59 Å². The lowest BCUT2D eigenvalue weighted by atomic mass is 9.96. The Kier molecular flexibility index (Phi) is 3.09. The third kappa shape index (κ3) is 2.22. The molecule has 3 N–H and O–H groups in total. The fraction of sp³-hybridized carbons (Fsp3) is 0.385. The normalized spacial score (nSPS) is 16.5. The summed E-state index contributed by atoms with van der Waals surface area (Å²) in [5, 5.41) is 10.4. The van der Waals surface area contributed by atoms with Crippen LogP contribution < -0.4 is 5.73 Å². The standard InChI is InChI=1S/C13H15N5O2/c14-12(19)8-3-5-18(6-4-8)13(20)9-1-2-10-11(7-9)16-17-15-10/h1-2,7-8H,3-6H2,(H2,14,19)(H,15,16,17). The predicted octanol–water partition coefficient (Wildman–Crippen LogP) is 0.295. The van der Waals surface area contributed by atoms with E-state index in [1.807, 2.05) is 0 Å². The van der Waals surface area contributed by atoms with Gasteiger partial charge in [-0.05, 0) is 31.0 Å². The lowest BCUT2D eigenvalue weighted by Crippen LogP contribution is -2.41. The first-order valence-electron chi connectivity index (χ1n) is 6.54. The Morgan fingerprint density at radius 1 is 1.20 bits per heavy atom. The fourth-order valence-electron chi connectivity index (χ4n) is 2.52. The van der Waals surface area contributed by atoms with Gasteiger partial charge in [-0.25, -0.2) is 0 Å². The van der Waals surface area contributed by atoms with Crippen molar-refractivity contribution in [2.24, 2.45) is 11.7 Å². The van der Waals surface area contributed by atoms with Crippen molar-refractivity contribution in [1.29, 1.82) is 0 Å². The molecule has 0 unspecified atom stereocenters. The minimum atomic E-state index is -0.277. The number of H-pyrrole nitrogens is 1. The molecule has 1 fully saturated rings. The van der Waals surface area contributed by atoms with Crippen molar-refractivity contribution < 1.29 is 9.59 Å². The first-order valence-corrected chi connectivity index (χ1v) is 6.54. The van der Waals surface area contributed by atoms with Crippen molar-refractivity contribution in [1.82, 2.24) is 20.3 Å². The van der Waals surface area contributed by atoms with E-state index in [-0.39, 0.29) is 17.7 Å². The largest absolute Gasteiger partial charge is 0.369 e. The zero-order chi connectivity index (χ0) is 14.1. The van der Waals surface area contributed by atoms with Gasteiger partial charge in [-0.2, -0.15) is 15.4 Å². The van der Waals surface area contributed by atoms with Crippen molar-refractivity contribution in [3.8, 4) is 0 Å². The number of carbonyl (C=O) groups is 2. The fourth-order valence-corrected chi connectivity index (χ4v) is 2.52. The molecule has 7 heteroatoms. The Morgan fingerprint density at radius 3 is 2.60 bits per heavy atom. The van der Waals surface area contributed by atoms with Crippen LogP contribution in [0.5, 0.6) is 0 Å². The summed E-state index contributed by atoms with van der Waals surface area (Å²) in [6.45, 7) is 1.12. The molecule has 7 nitrogen and oxygen atoms in total. The van der Waals surface area contributed by atoms with Crippen LogP contribution in [0, 0.1) is 5.92 Å². The Bertz CT molecular complexity index is 658. The van der Waals surface area contributed by atoms with Gasteiger partial charge < -0.3 is 10.6 Å².